The van der Waals surface area contributed by atoms with Crippen LogP contribution in [0.25, 0.3) is 12.2 Å². The van der Waals surface area contributed by atoms with Gasteiger partial charge < -0.3 is 21.9 Å². The third-order valence-corrected chi connectivity index (χ3v) is 4.83. The van der Waals surface area contributed by atoms with Crippen molar-refractivity contribution >= 4 is 24.1 Å². The molecule has 3 rings (SSSR count). The zero-order valence-corrected chi connectivity index (χ0v) is 20.1. The fraction of sp³-hybridized carbons (Fsp3) is 0.222. The van der Waals surface area contributed by atoms with Crippen LogP contribution in [-0.4, -0.2) is 29.7 Å². The maximum Gasteiger partial charge on any atom is 0.330 e. The summed E-state index contributed by atoms with van der Waals surface area (Å²) in [6.45, 7) is 5.83. The van der Waals surface area contributed by atoms with Gasteiger partial charge in [-0.25, -0.2) is 18.7 Å². The Hall–Kier alpha value is -3.64. The van der Waals surface area contributed by atoms with Crippen LogP contribution in [0.15, 0.2) is 79.4 Å². The summed E-state index contributed by atoms with van der Waals surface area (Å²) in [5.41, 5.74) is 4.25. The van der Waals surface area contributed by atoms with Crippen molar-refractivity contribution in [1.29, 1.82) is 0 Å². The largest absolute Gasteiger partial charge is 1.00 e. The van der Waals surface area contributed by atoms with Gasteiger partial charge in [-0.15, -0.1) is 0 Å². The van der Waals surface area contributed by atoms with Crippen LogP contribution in [0.2, 0.25) is 0 Å². The van der Waals surface area contributed by atoms with Crippen LogP contribution >= 0.6 is 0 Å². The van der Waals surface area contributed by atoms with E-state index < -0.39 is 0 Å². The first-order chi connectivity index (χ1) is 16.1. The van der Waals surface area contributed by atoms with Crippen LogP contribution in [0.3, 0.4) is 0 Å². The Morgan fingerprint density at radius 3 is 1.82 bits per heavy atom. The van der Waals surface area contributed by atoms with Gasteiger partial charge in [-0.1, -0.05) is 48.5 Å². The lowest BCUT2D eigenvalue weighted by Crippen LogP contribution is -3.00. The number of hydrogen-bond acceptors (Lipinski definition) is 4. The molecule has 6 nitrogen and oxygen atoms in total. The van der Waals surface area contributed by atoms with Crippen LogP contribution < -0.4 is 17.0 Å². The standard InChI is InChI=1S/C27H29N2O4.ClH/c1-3-32-26(30)15-13-22-5-9-24(10-6-22)19-28-17-18-29(21-28)20-25-11-7-23(8-12-25)14-16-27(31)33-4-2;/h5-18,21H,3-4,19-20H2,1-2H3;1H/q+1;/p-1/b15-13+,16-14+;. The molecule has 0 N–H and O–H groups in total. The van der Waals surface area contributed by atoms with E-state index in [-0.39, 0.29) is 24.3 Å². The number of halogens is 1. The van der Waals surface area contributed by atoms with E-state index in [4.69, 9.17) is 9.47 Å². The normalized spacial score (nSPS) is 10.9. The number of rotatable bonds is 10. The van der Waals surface area contributed by atoms with Crippen molar-refractivity contribution in [2.75, 3.05) is 13.2 Å². The summed E-state index contributed by atoms with van der Waals surface area (Å²) >= 11 is 0. The molecule has 0 spiro atoms. The highest BCUT2D eigenvalue weighted by molar-refractivity contribution is 5.87. The molecule has 34 heavy (non-hydrogen) atoms. The molecule has 0 bridgehead atoms. The first-order valence-corrected chi connectivity index (χ1v) is 11.0. The van der Waals surface area contributed by atoms with Crippen molar-refractivity contribution in [1.82, 2.24) is 4.57 Å². The van der Waals surface area contributed by atoms with Gasteiger partial charge in [-0.05, 0) is 48.3 Å². The van der Waals surface area contributed by atoms with Crippen molar-refractivity contribution in [2.45, 2.75) is 26.9 Å². The fourth-order valence-electron chi connectivity index (χ4n) is 3.23. The lowest BCUT2D eigenvalue weighted by Gasteiger charge is -2.01. The average molecular weight is 481 g/mol. The molecule has 0 saturated carbocycles. The zero-order chi connectivity index (χ0) is 23.5. The van der Waals surface area contributed by atoms with E-state index in [2.05, 4.69) is 39.7 Å². The Kier molecular flexibility index (Phi) is 10.8. The summed E-state index contributed by atoms with van der Waals surface area (Å²) in [6, 6.07) is 16.2. The number of esters is 2. The molecule has 178 valence electrons. The smallest absolute Gasteiger partial charge is 0.330 e. The fourth-order valence-corrected chi connectivity index (χ4v) is 3.23. The molecule has 1 aromatic heterocycles. The Balaban J connectivity index is 0.00000408. The number of aromatic nitrogens is 2. The number of ether oxygens (including phenoxy) is 2. The van der Waals surface area contributed by atoms with Crippen LogP contribution in [0.4, 0.5) is 0 Å². The van der Waals surface area contributed by atoms with Crippen LogP contribution in [0.1, 0.15) is 36.1 Å². The van der Waals surface area contributed by atoms with E-state index in [1.54, 1.807) is 26.0 Å². The maximum atomic E-state index is 11.4. The second-order valence-electron chi connectivity index (χ2n) is 7.41. The predicted molar refractivity (Wildman–Crippen MR) is 127 cm³/mol. The van der Waals surface area contributed by atoms with Crippen molar-refractivity contribution in [3.05, 3.63) is 102 Å². The van der Waals surface area contributed by atoms with E-state index in [1.165, 1.54) is 23.3 Å². The molecule has 0 aliphatic heterocycles. The molecule has 0 atom stereocenters. The summed E-state index contributed by atoms with van der Waals surface area (Å²) in [4.78, 5) is 22.8. The highest BCUT2D eigenvalue weighted by Gasteiger charge is 2.06. The van der Waals surface area contributed by atoms with E-state index in [0.717, 1.165) is 24.2 Å². The quantitative estimate of drug-likeness (QED) is 0.247. The summed E-state index contributed by atoms with van der Waals surface area (Å²) < 4.78 is 14.0. The monoisotopic (exact) mass is 480 g/mol. The van der Waals surface area contributed by atoms with Crippen LogP contribution in [0.5, 0.6) is 0 Å². The molecule has 0 amide bonds. The van der Waals surface area contributed by atoms with Gasteiger partial charge in [-0.3, -0.25) is 0 Å². The second-order valence-corrected chi connectivity index (χ2v) is 7.41. The lowest BCUT2D eigenvalue weighted by atomic mass is 10.1. The van der Waals surface area contributed by atoms with Gasteiger partial charge in [0.2, 0.25) is 6.33 Å². The van der Waals surface area contributed by atoms with Gasteiger partial charge in [0, 0.05) is 12.2 Å². The Labute approximate surface area is 206 Å². The molecule has 2 aromatic carbocycles. The van der Waals surface area contributed by atoms with E-state index in [0.29, 0.717) is 13.2 Å². The number of carbonyl (C=O) groups excluding carboxylic acids is 2. The highest BCUT2D eigenvalue weighted by Crippen LogP contribution is 2.09. The molecule has 0 unspecified atom stereocenters. The average Bonchev–Trinajstić information content (AvgIpc) is 3.25. The summed E-state index contributed by atoms with van der Waals surface area (Å²) in [6.07, 6.45) is 12.6. The lowest BCUT2D eigenvalue weighted by molar-refractivity contribution is -0.687. The number of nitrogens with zero attached hydrogens (tertiary/aromatic N) is 2. The minimum absolute atomic E-state index is 0. The first-order valence-electron chi connectivity index (χ1n) is 11.0. The molecule has 7 heteroatoms. The maximum absolute atomic E-state index is 11.4. The molecule has 3 aromatic rings. The third kappa shape index (κ3) is 8.71. The molecule has 0 aliphatic rings. The van der Waals surface area contributed by atoms with Crippen molar-refractivity contribution in [3.63, 3.8) is 0 Å². The Bertz CT molecular complexity index is 1030. The number of imidazole rings is 1. The number of benzene rings is 2. The molecule has 0 fully saturated rings. The zero-order valence-electron chi connectivity index (χ0n) is 19.4. The van der Waals surface area contributed by atoms with E-state index >= 15 is 0 Å². The molecule has 0 saturated heterocycles. The summed E-state index contributed by atoms with van der Waals surface area (Å²) in [5.74, 6) is -0.664. The molecule has 1 heterocycles. The topological polar surface area (TPSA) is 61.4 Å². The minimum atomic E-state index is -0.332. The van der Waals surface area contributed by atoms with Crippen molar-refractivity contribution < 1.29 is 36.0 Å². The van der Waals surface area contributed by atoms with E-state index in [1.807, 2.05) is 36.7 Å². The SMILES string of the molecule is CCOC(=O)/C=C/c1ccc(Cn2cc[n+](Cc3ccc(/C=C/C(=O)OCC)cc3)c2)cc1.[Cl-]. The van der Waals surface area contributed by atoms with Crippen molar-refractivity contribution in [2.24, 2.45) is 0 Å². The number of carbonyl (C=O) groups is 2. The summed E-state index contributed by atoms with van der Waals surface area (Å²) in [5, 5.41) is 0. The van der Waals surface area contributed by atoms with Gasteiger partial charge in [0.1, 0.15) is 25.5 Å². The van der Waals surface area contributed by atoms with Gasteiger partial charge >= 0.3 is 11.9 Å². The highest BCUT2D eigenvalue weighted by atomic mass is 35.5. The Morgan fingerprint density at radius 2 is 1.32 bits per heavy atom. The minimum Gasteiger partial charge on any atom is -1.00 e. The van der Waals surface area contributed by atoms with Gasteiger partial charge in [-0.2, -0.15) is 0 Å². The van der Waals surface area contributed by atoms with Gasteiger partial charge in [0.15, 0.2) is 0 Å². The predicted octanol–water partition coefficient (Wildman–Crippen LogP) is 1.03. The third-order valence-electron chi connectivity index (χ3n) is 4.83. The molecular formula is C27H29ClN2O4. The van der Waals surface area contributed by atoms with E-state index in [9.17, 15) is 9.59 Å². The summed E-state index contributed by atoms with van der Waals surface area (Å²) in [7, 11) is 0. The first kappa shape index (κ1) is 26.6. The van der Waals surface area contributed by atoms with Crippen LogP contribution in [-0.2, 0) is 32.2 Å². The Morgan fingerprint density at radius 1 is 0.824 bits per heavy atom. The molecule has 0 aliphatic carbocycles. The molecular weight excluding hydrogens is 452 g/mol. The number of hydrogen-bond donors (Lipinski definition) is 0. The van der Waals surface area contributed by atoms with Crippen LogP contribution in [0, 0.1) is 0 Å². The second kappa shape index (κ2) is 13.8. The molecule has 0 radical (unpaired) electrons. The van der Waals surface area contributed by atoms with Crippen molar-refractivity contribution in [3.8, 4) is 0 Å². The van der Waals surface area contributed by atoms with Gasteiger partial charge in [0.05, 0.1) is 13.2 Å². The van der Waals surface area contributed by atoms with Gasteiger partial charge in [0.25, 0.3) is 0 Å².